The Hall–Kier alpha value is -3.06. The summed E-state index contributed by atoms with van der Waals surface area (Å²) in [6.45, 7) is 6.93. The third-order valence-corrected chi connectivity index (χ3v) is 4.78. The third kappa shape index (κ3) is 4.09. The van der Waals surface area contributed by atoms with Gasteiger partial charge in [-0.3, -0.25) is 4.79 Å². The standard InChI is InChI=1S/C21H24N4O3/c1-14(22-17-5-8-20-19(13-17)23-15(2)28-20)21(26)24-16-3-6-18(7-4-16)25-9-11-27-12-10-25/h3-8,13-14,22H,9-12H2,1-2H3,(H,24,26)/t14-/m1/s1. The molecule has 0 saturated carbocycles. The molecule has 1 amide bonds. The summed E-state index contributed by atoms with van der Waals surface area (Å²) in [5, 5.41) is 6.17. The van der Waals surface area contributed by atoms with Gasteiger partial charge in [0.2, 0.25) is 5.91 Å². The van der Waals surface area contributed by atoms with Crippen LogP contribution in [0.25, 0.3) is 11.1 Å². The molecule has 0 radical (unpaired) electrons. The first-order valence-corrected chi connectivity index (χ1v) is 9.46. The number of fused-ring (bicyclic) bond motifs is 1. The molecule has 0 bridgehead atoms. The summed E-state index contributed by atoms with van der Waals surface area (Å²) in [6.07, 6.45) is 0. The second-order valence-corrected chi connectivity index (χ2v) is 6.92. The van der Waals surface area contributed by atoms with Crippen molar-refractivity contribution >= 4 is 34.1 Å². The van der Waals surface area contributed by atoms with E-state index in [4.69, 9.17) is 9.15 Å². The number of ether oxygens (including phenoxy) is 1. The molecule has 2 heterocycles. The zero-order valence-corrected chi connectivity index (χ0v) is 16.1. The highest BCUT2D eigenvalue weighted by atomic mass is 16.5. The summed E-state index contributed by atoms with van der Waals surface area (Å²) in [7, 11) is 0. The summed E-state index contributed by atoms with van der Waals surface area (Å²) in [6, 6.07) is 13.1. The van der Waals surface area contributed by atoms with Crippen molar-refractivity contribution in [1.29, 1.82) is 0 Å². The fourth-order valence-electron chi connectivity index (χ4n) is 3.28. The predicted molar refractivity (Wildman–Crippen MR) is 110 cm³/mol. The Morgan fingerprint density at radius 2 is 1.82 bits per heavy atom. The minimum Gasteiger partial charge on any atom is -0.441 e. The zero-order valence-electron chi connectivity index (χ0n) is 16.1. The smallest absolute Gasteiger partial charge is 0.246 e. The van der Waals surface area contributed by atoms with Gasteiger partial charge in [0.15, 0.2) is 11.5 Å². The fourth-order valence-corrected chi connectivity index (χ4v) is 3.28. The largest absolute Gasteiger partial charge is 0.441 e. The molecule has 146 valence electrons. The lowest BCUT2D eigenvalue weighted by Gasteiger charge is -2.29. The molecule has 1 atom stereocenters. The monoisotopic (exact) mass is 380 g/mol. The lowest BCUT2D eigenvalue weighted by Crippen LogP contribution is -2.36. The Bertz CT molecular complexity index is 961. The van der Waals surface area contributed by atoms with Crippen LogP contribution < -0.4 is 15.5 Å². The van der Waals surface area contributed by atoms with E-state index in [1.54, 1.807) is 0 Å². The van der Waals surface area contributed by atoms with Crippen molar-refractivity contribution in [3.8, 4) is 0 Å². The average Bonchev–Trinajstić information content (AvgIpc) is 3.08. The molecule has 0 spiro atoms. The summed E-state index contributed by atoms with van der Waals surface area (Å²) >= 11 is 0. The summed E-state index contributed by atoms with van der Waals surface area (Å²) in [5.41, 5.74) is 4.25. The number of aromatic nitrogens is 1. The number of aryl methyl sites for hydroxylation is 1. The van der Waals surface area contributed by atoms with Crippen molar-refractivity contribution in [2.24, 2.45) is 0 Å². The number of amides is 1. The molecule has 4 rings (SSSR count). The van der Waals surface area contributed by atoms with E-state index in [1.807, 2.05) is 56.3 Å². The van der Waals surface area contributed by atoms with E-state index in [-0.39, 0.29) is 5.91 Å². The molecule has 1 aromatic heterocycles. The molecule has 3 aromatic rings. The Labute approximate surface area is 163 Å². The number of rotatable bonds is 5. The van der Waals surface area contributed by atoms with Crippen LogP contribution in [0.4, 0.5) is 17.1 Å². The van der Waals surface area contributed by atoms with E-state index in [2.05, 4.69) is 20.5 Å². The van der Waals surface area contributed by atoms with Gasteiger partial charge in [-0.1, -0.05) is 0 Å². The number of oxazole rings is 1. The van der Waals surface area contributed by atoms with Gasteiger partial charge < -0.3 is 24.7 Å². The van der Waals surface area contributed by atoms with Crippen LogP contribution in [-0.4, -0.2) is 43.2 Å². The Kier molecular flexibility index (Phi) is 5.16. The van der Waals surface area contributed by atoms with Crippen molar-refractivity contribution < 1.29 is 13.9 Å². The zero-order chi connectivity index (χ0) is 19.5. The Balaban J connectivity index is 1.36. The number of nitrogens with one attached hydrogen (secondary N) is 2. The van der Waals surface area contributed by atoms with E-state index in [0.717, 1.165) is 54.5 Å². The van der Waals surface area contributed by atoms with Crippen LogP contribution in [0.3, 0.4) is 0 Å². The molecule has 7 heteroatoms. The van der Waals surface area contributed by atoms with Crippen LogP contribution in [0.15, 0.2) is 46.9 Å². The van der Waals surface area contributed by atoms with E-state index in [0.29, 0.717) is 5.89 Å². The van der Waals surface area contributed by atoms with Crippen LogP contribution in [0.2, 0.25) is 0 Å². The maximum atomic E-state index is 12.5. The highest BCUT2D eigenvalue weighted by Gasteiger charge is 2.15. The first kappa shape index (κ1) is 18.3. The molecule has 1 aliphatic heterocycles. The van der Waals surface area contributed by atoms with Crippen LogP contribution in [0.1, 0.15) is 12.8 Å². The fraction of sp³-hybridized carbons (Fsp3) is 0.333. The molecule has 1 saturated heterocycles. The van der Waals surface area contributed by atoms with Crippen LogP contribution in [-0.2, 0) is 9.53 Å². The minimum atomic E-state index is -0.399. The number of benzene rings is 2. The first-order valence-electron chi connectivity index (χ1n) is 9.46. The average molecular weight is 380 g/mol. The van der Waals surface area contributed by atoms with Crippen molar-refractivity contribution in [1.82, 2.24) is 4.98 Å². The van der Waals surface area contributed by atoms with Gasteiger partial charge in [-0.15, -0.1) is 0 Å². The third-order valence-electron chi connectivity index (χ3n) is 4.78. The Morgan fingerprint density at radius 3 is 2.57 bits per heavy atom. The van der Waals surface area contributed by atoms with Gasteiger partial charge in [-0.05, 0) is 49.4 Å². The van der Waals surface area contributed by atoms with Crippen molar-refractivity contribution in [3.05, 3.63) is 48.4 Å². The number of anilines is 3. The number of morpholine rings is 1. The van der Waals surface area contributed by atoms with E-state index in [9.17, 15) is 4.79 Å². The molecule has 0 unspecified atom stereocenters. The summed E-state index contributed by atoms with van der Waals surface area (Å²) in [4.78, 5) is 19.1. The molecule has 28 heavy (non-hydrogen) atoms. The lowest BCUT2D eigenvalue weighted by atomic mass is 10.2. The lowest BCUT2D eigenvalue weighted by molar-refractivity contribution is -0.116. The molecule has 7 nitrogen and oxygen atoms in total. The quantitative estimate of drug-likeness (QED) is 0.706. The second-order valence-electron chi connectivity index (χ2n) is 6.92. The number of hydrogen-bond donors (Lipinski definition) is 2. The molecule has 1 aliphatic rings. The van der Waals surface area contributed by atoms with Crippen LogP contribution >= 0.6 is 0 Å². The molecule has 1 fully saturated rings. The van der Waals surface area contributed by atoms with Gasteiger partial charge in [0.1, 0.15) is 11.6 Å². The van der Waals surface area contributed by atoms with Gasteiger partial charge in [0.05, 0.1) is 13.2 Å². The SMILES string of the molecule is Cc1nc2cc(N[C@H](C)C(=O)Nc3ccc(N4CCOCC4)cc3)ccc2o1. The molecular formula is C21H24N4O3. The van der Waals surface area contributed by atoms with Crippen molar-refractivity contribution in [2.75, 3.05) is 41.8 Å². The van der Waals surface area contributed by atoms with E-state index < -0.39 is 6.04 Å². The molecule has 2 N–H and O–H groups in total. The highest BCUT2D eigenvalue weighted by molar-refractivity contribution is 5.96. The van der Waals surface area contributed by atoms with Gasteiger partial charge in [-0.25, -0.2) is 4.98 Å². The highest BCUT2D eigenvalue weighted by Crippen LogP contribution is 2.21. The summed E-state index contributed by atoms with van der Waals surface area (Å²) in [5.74, 6) is 0.522. The molecule has 0 aliphatic carbocycles. The van der Waals surface area contributed by atoms with Crippen LogP contribution in [0, 0.1) is 6.92 Å². The first-order chi connectivity index (χ1) is 13.6. The minimum absolute atomic E-state index is 0.101. The second kappa shape index (κ2) is 7.90. The van der Waals surface area contributed by atoms with E-state index in [1.165, 1.54) is 0 Å². The topological polar surface area (TPSA) is 79.6 Å². The number of carbonyl (C=O) groups is 1. The number of carbonyl (C=O) groups excluding carboxylic acids is 1. The van der Waals surface area contributed by atoms with E-state index >= 15 is 0 Å². The van der Waals surface area contributed by atoms with Gasteiger partial charge >= 0.3 is 0 Å². The normalized spacial score (nSPS) is 15.4. The Morgan fingerprint density at radius 1 is 1.11 bits per heavy atom. The number of hydrogen-bond acceptors (Lipinski definition) is 6. The van der Waals surface area contributed by atoms with Crippen molar-refractivity contribution in [3.63, 3.8) is 0 Å². The van der Waals surface area contributed by atoms with Gasteiger partial charge in [0, 0.05) is 37.1 Å². The summed E-state index contributed by atoms with van der Waals surface area (Å²) < 4.78 is 10.9. The van der Waals surface area contributed by atoms with Crippen LogP contribution in [0.5, 0.6) is 0 Å². The van der Waals surface area contributed by atoms with Gasteiger partial charge in [-0.2, -0.15) is 0 Å². The maximum absolute atomic E-state index is 12.5. The predicted octanol–water partition coefficient (Wildman–Crippen LogP) is 3.41. The number of nitrogens with zero attached hydrogens (tertiary/aromatic N) is 2. The maximum Gasteiger partial charge on any atom is 0.246 e. The molecule has 2 aromatic carbocycles. The van der Waals surface area contributed by atoms with Crippen molar-refractivity contribution in [2.45, 2.75) is 19.9 Å². The van der Waals surface area contributed by atoms with Gasteiger partial charge in [0.25, 0.3) is 0 Å². The molecular weight excluding hydrogens is 356 g/mol.